The summed E-state index contributed by atoms with van der Waals surface area (Å²) in [6.45, 7) is 6.74. The van der Waals surface area contributed by atoms with E-state index in [2.05, 4.69) is 13.0 Å². The first-order chi connectivity index (χ1) is 7.89. The lowest BCUT2D eigenvalue weighted by atomic mass is 9.83. The van der Waals surface area contributed by atoms with Gasteiger partial charge >= 0.3 is 0 Å². The molecule has 1 saturated carbocycles. The van der Waals surface area contributed by atoms with Crippen molar-refractivity contribution in [2.45, 2.75) is 44.4 Å². The van der Waals surface area contributed by atoms with E-state index in [4.69, 9.17) is 4.74 Å². The van der Waals surface area contributed by atoms with Crippen molar-refractivity contribution in [2.75, 3.05) is 13.7 Å². The van der Waals surface area contributed by atoms with E-state index < -0.39 is 0 Å². The van der Waals surface area contributed by atoms with Gasteiger partial charge in [0.25, 0.3) is 0 Å². The first kappa shape index (κ1) is 12.6. The van der Waals surface area contributed by atoms with E-state index >= 15 is 0 Å². The molecule has 1 aromatic rings. The summed E-state index contributed by atoms with van der Waals surface area (Å²) in [6.07, 6.45) is 2.35. The lowest BCUT2D eigenvalue weighted by Crippen LogP contribution is -2.25. The van der Waals surface area contributed by atoms with E-state index in [1.54, 1.807) is 13.2 Å². The van der Waals surface area contributed by atoms with Crippen LogP contribution in [0.25, 0.3) is 0 Å². The van der Waals surface area contributed by atoms with Crippen LogP contribution in [0.5, 0.6) is 0 Å². The molecular formula is C15H21FO. The van der Waals surface area contributed by atoms with E-state index in [9.17, 15) is 4.39 Å². The van der Waals surface area contributed by atoms with Crippen molar-refractivity contribution in [1.82, 2.24) is 0 Å². The minimum absolute atomic E-state index is 0.0994. The smallest absolute Gasteiger partial charge is 0.127 e. The molecule has 1 aromatic carbocycles. The van der Waals surface area contributed by atoms with Crippen molar-refractivity contribution in [3.05, 3.63) is 35.1 Å². The molecule has 0 aliphatic heterocycles. The lowest BCUT2D eigenvalue weighted by Gasteiger charge is -2.25. The highest BCUT2D eigenvalue weighted by atomic mass is 19.1. The maximum Gasteiger partial charge on any atom is 0.127 e. The molecular weight excluding hydrogens is 215 g/mol. The van der Waals surface area contributed by atoms with E-state index in [1.165, 1.54) is 12.8 Å². The fourth-order valence-corrected chi connectivity index (χ4v) is 2.35. The van der Waals surface area contributed by atoms with Crippen LogP contribution < -0.4 is 0 Å². The van der Waals surface area contributed by atoms with E-state index in [0.717, 1.165) is 11.1 Å². The molecule has 0 atom stereocenters. The molecule has 0 radical (unpaired) electrons. The summed E-state index contributed by atoms with van der Waals surface area (Å²) >= 11 is 0. The molecule has 1 aliphatic rings. The van der Waals surface area contributed by atoms with Crippen molar-refractivity contribution in [2.24, 2.45) is 0 Å². The Morgan fingerprint density at radius 2 is 2.00 bits per heavy atom. The number of hydrogen-bond acceptors (Lipinski definition) is 1. The highest BCUT2D eigenvalue weighted by Crippen LogP contribution is 2.48. The monoisotopic (exact) mass is 236 g/mol. The average Bonchev–Trinajstić information content (AvgIpc) is 2.97. The molecule has 1 fully saturated rings. The summed E-state index contributed by atoms with van der Waals surface area (Å²) < 4.78 is 19.3. The van der Waals surface area contributed by atoms with E-state index in [1.807, 2.05) is 19.9 Å². The number of benzene rings is 1. The van der Waals surface area contributed by atoms with Gasteiger partial charge in [-0.3, -0.25) is 0 Å². The van der Waals surface area contributed by atoms with Gasteiger partial charge in [0.15, 0.2) is 0 Å². The first-order valence-corrected chi connectivity index (χ1v) is 6.18. The molecule has 0 saturated heterocycles. The van der Waals surface area contributed by atoms with Crippen molar-refractivity contribution in [3.8, 4) is 0 Å². The van der Waals surface area contributed by atoms with Gasteiger partial charge in [0.05, 0.1) is 6.61 Å². The quantitative estimate of drug-likeness (QED) is 0.772. The van der Waals surface area contributed by atoms with Crippen LogP contribution >= 0.6 is 0 Å². The van der Waals surface area contributed by atoms with Crippen LogP contribution in [0.1, 0.15) is 44.7 Å². The van der Waals surface area contributed by atoms with Gasteiger partial charge < -0.3 is 4.74 Å². The Balaban J connectivity index is 2.31. The highest BCUT2D eigenvalue weighted by molar-refractivity contribution is 5.36. The molecule has 0 amide bonds. The second-order valence-corrected chi connectivity index (χ2v) is 6.07. The van der Waals surface area contributed by atoms with Gasteiger partial charge in [-0.15, -0.1) is 0 Å². The Labute approximate surface area is 103 Å². The second kappa shape index (κ2) is 4.09. The zero-order valence-electron chi connectivity index (χ0n) is 11.1. The van der Waals surface area contributed by atoms with Crippen LogP contribution in [0.3, 0.4) is 0 Å². The zero-order valence-corrected chi connectivity index (χ0v) is 11.1. The number of ether oxygens (including phenoxy) is 1. The predicted molar refractivity (Wildman–Crippen MR) is 67.9 cm³/mol. The van der Waals surface area contributed by atoms with Crippen LogP contribution in [0.15, 0.2) is 18.2 Å². The van der Waals surface area contributed by atoms with Crippen LogP contribution in [0.2, 0.25) is 0 Å². The van der Waals surface area contributed by atoms with Crippen LogP contribution in [0, 0.1) is 5.82 Å². The largest absolute Gasteiger partial charge is 0.384 e. The van der Waals surface area contributed by atoms with Crippen LogP contribution in [-0.2, 0) is 15.6 Å². The standard InChI is InChI=1S/C15H21FO/c1-14(2,10-17-4)12-6-5-11(9-13(12)16)15(3)7-8-15/h5-6,9H,7-8,10H2,1-4H3. The molecule has 94 valence electrons. The molecule has 1 nitrogen and oxygen atoms in total. The van der Waals surface area contributed by atoms with Gasteiger partial charge in [0.2, 0.25) is 0 Å². The number of methoxy groups -OCH3 is 1. The maximum absolute atomic E-state index is 14.2. The van der Waals surface area contributed by atoms with Crippen molar-refractivity contribution in [1.29, 1.82) is 0 Å². The fraction of sp³-hybridized carbons (Fsp3) is 0.600. The minimum atomic E-state index is -0.276. The number of halogens is 1. The molecule has 0 spiro atoms. The molecule has 1 aliphatic carbocycles. The zero-order chi connectivity index (χ0) is 12.7. The maximum atomic E-state index is 14.2. The van der Waals surface area contributed by atoms with Gasteiger partial charge in [-0.1, -0.05) is 32.9 Å². The molecule has 17 heavy (non-hydrogen) atoms. The SMILES string of the molecule is COCC(C)(C)c1ccc(C2(C)CC2)cc1F. The Morgan fingerprint density at radius 1 is 1.35 bits per heavy atom. The van der Waals surface area contributed by atoms with Gasteiger partial charge in [-0.2, -0.15) is 0 Å². The summed E-state index contributed by atoms with van der Waals surface area (Å²) in [5, 5.41) is 0. The summed E-state index contributed by atoms with van der Waals surface area (Å²) in [5.74, 6) is -0.0994. The average molecular weight is 236 g/mol. The van der Waals surface area contributed by atoms with Gasteiger partial charge in [-0.25, -0.2) is 4.39 Å². The summed E-state index contributed by atoms with van der Waals surface area (Å²) in [4.78, 5) is 0. The molecule has 0 N–H and O–H groups in total. The molecule has 0 heterocycles. The summed E-state index contributed by atoms with van der Waals surface area (Å²) in [7, 11) is 1.65. The van der Waals surface area contributed by atoms with E-state index in [-0.39, 0.29) is 16.6 Å². The topological polar surface area (TPSA) is 9.23 Å². The third kappa shape index (κ3) is 2.37. The second-order valence-electron chi connectivity index (χ2n) is 6.07. The third-order valence-electron chi connectivity index (χ3n) is 3.90. The minimum Gasteiger partial charge on any atom is -0.384 e. The fourth-order valence-electron chi connectivity index (χ4n) is 2.35. The number of hydrogen-bond donors (Lipinski definition) is 0. The Kier molecular flexibility index (Phi) is 3.03. The van der Waals surface area contributed by atoms with Gasteiger partial charge in [-0.05, 0) is 35.4 Å². The Bertz CT molecular complexity index is 419. The lowest BCUT2D eigenvalue weighted by molar-refractivity contribution is 0.144. The summed E-state index contributed by atoms with van der Waals surface area (Å²) in [5.41, 5.74) is 1.83. The van der Waals surface area contributed by atoms with Crippen molar-refractivity contribution >= 4 is 0 Å². The Hall–Kier alpha value is -0.890. The molecule has 2 heteroatoms. The van der Waals surface area contributed by atoms with Gasteiger partial charge in [0.1, 0.15) is 5.82 Å². The predicted octanol–water partition coefficient (Wildman–Crippen LogP) is 3.80. The molecule has 2 rings (SSSR count). The summed E-state index contributed by atoms with van der Waals surface area (Å²) in [6, 6.07) is 5.70. The van der Waals surface area contributed by atoms with Crippen LogP contribution in [-0.4, -0.2) is 13.7 Å². The molecule has 0 bridgehead atoms. The number of rotatable bonds is 4. The Morgan fingerprint density at radius 3 is 2.47 bits per heavy atom. The molecule has 0 aromatic heterocycles. The first-order valence-electron chi connectivity index (χ1n) is 6.18. The molecule has 0 unspecified atom stereocenters. The third-order valence-corrected chi connectivity index (χ3v) is 3.90. The van der Waals surface area contributed by atoms with Gasteiger partial charge in [0, 0.05) is 12.5 Å². The van der Waals surface area contributed by atoms with Crippen molar-refractivity contribution in [3.63, 3.8) is 0 Å². The van der Waals surface area contributed by atoms with Crippen LogP contribution in [0.4, 0.5) is 4.39 Å². The normalized spacial score (nSPS) is 18.2. The highest BCUT2D eigenvalue weighted by Gasteiger charge is 2.39. The van der Waals surface area contributed by atoms with Crippen molar-refractivity contribution < 1.29 is 9.13 Å². The van der Waals surface area contributed by atoms with E-state index in [0.29, 0.717) is 6.61 Å².